The number of hydrazine groups is 1. The van der Waals surface area contributed by atoms with Crippen LogP contribution in [0.25, 0.3) is 0 Å². The van der Waals surface area contributed by atoms with Crippen LogP contribution in [-0.2, 0) is 6.42 Å². The number of nitrogens with two attached hydrogens (primary N) is 1. The van der Waals surface area contributed by atoms with Gasteiger partial charge in [0.2, 0.25) is 0 Å². The Morgan fingerprint density at radius 3 is 2.88 bits per heavy atom. The quantitative estimate of drug-likeness (QED) is 0.326. The van der Waals surface area contributed by atoms with Crippen molar-refractivity contribution in [3.8, 4) is 18.1 Å². The molecule has 0 spiro atoms. The lowest BCUT2D eigenvalue weighted by Crippen LogP contribution is -2.36. The predicted octanol–water partition coefficient (Wildman–Crippen LogP) is 1.87. The summed E-state index contributed by atoms with van der Waals surface area (Å²) in [5.74, 6) is 9.10. The molecule has 3 nitrogen and oxygen atoms in total. The molecule has 1 aromatic carbocycles. The summed E-state index contributed by atoms with van der Waals surface area (Å²) in [6, 6.07) is 8.23. The molecule has 1 unspecified atom stereocenters. The highest BCUT2D eigenvalue weighted by molar-refractivity contribution is 5.33. The number of unbranched alkanes of at least 4 members (excludes halogenated alkanes) is 1. The minimum atomic E-state index is 0.236. The molecule has 3 heteroatoms. The molecule has 0 heterocycles. The molecule has 0 bridgehead atoms. The third kappa shape index (κ3) is 4.48. The summed E-state index contributed by atoms with van der Waals surface area (Å²) in [5, 5.41) is 0. The SMILES string of the molecule is C#CCCCC(Cc1ccccc1OC)NN. The Balaban J connectivity index is 2.57. The molecule has 0 fully saturated rings. The van der Waals surface area contributed by atoms with E-state index in [2.05, 4.69) is 17.4 Å². The molecule has 0 saturated carbocycles. The number of terminal acetylenes is 1. The number of hydrogen-bond acceptors (Lipinski definition) is 3. The van der Waals surface area contributed by atoms with Crippen LogP contribution in [0.15, 0.2) is 24.3 Å². The fourth-order valence-corrected chi connectivity index (χ4v) is 1.83. The maximum Gasteiger partial charge on any atom is 0.122 e. The zero-order valence-corrected chi connectivity index (χ0v) is 10.3. The van der Waals surface area contributed by atoms with Gasteiger partial charge in [-0.2, -0.15) is 0 Å². The largest absolute Gasteiger partial charge is 0.496 e. The lowest BCUT2D eigenvalue weighted by atomic mass is 10.0. The highest BCUT2D eigenvalue weighted by Crippen LogP contribution is 2.20. The number of ether oxygens (including phenoxy) is 1. The van der Waals surface area contributed by atoms with Crippen LogP contribution in [0.3, 0.4) is 0 Å². The minimum Gasteiger partial charge on any atom is -0.496 e. The Hall–Kier alpha value is -1.50. The monoisotopic (exact) mass is 232 g/mol. The van der Waals surface area contributed by atoms with Crippen molar-refractivity contribution < 1.29 is 4.74 Å². The fraction of sp³-hybridized carbons (Fsp3) is 0.429. The second-order valence-electron chi connectivity index (χ2n) is 3.98. The van der Waals surface area contributed by atoms with E-state index in [0.717, 1.165) is 31.4 Å². The molecule has 0 saturated heterocycles. The molecule has 0 amide bonds. The van der Waals surface area contributed by atoms with Gasteiger partial charge in [-0.05, 0) is 30.9 Å². The topological polar surface area (TPSA) is 47.3 Å². The molecule has 0 aliphatic carbocycles. The first-order valence-corrected chi connectivity index (χ1v) is 5.83. The molecule has 3 N–H and O–H groups in total. The van der Waals surface area contributed by atoms with Gasteiger partial charge in [0.15, 0.2) is 0 Å². The van der Waals surface area contributed by atoms with E-state index >= 15 is 0 Å². The highest BCUT2D eigenvalue weighted by atomic mass is 16.5. The van der Waals surface area contributed by atoms with Crippen LogP contribution in [-0.4, -0.2) is 13.2 Å². The average molecular weight is 232 g/mol. The molecule has 1 atom stereocenters. The summed E-state index contributed by atoms with van der Waals surface area (Å²) in [5.41, 5.74) is 4.00. The second-order valence-corrected chi connectivity index (χ2v) is 3.98. The van der Waals surface area contributed by atoms with Crippen molar-refractivity contribution in [1.82, 2.24) is 5.43 Å². The van der Waals surface area contributed by atoms with Crippen molar-refractivity contribution in [2.24, 2.45) is 5.84 Å². The minimum absolute atomic E-state index is 0.236. The van der Waals surface area contributed by atoms with Crippen LogP contribution in [0.2, 0.25) is 0 Å². The summed E-state index contributed by atoms with van der Waals surface area (Å²) >= 11 is 0. The first kappa shape index (κ1) is 13.6. The summed E-state index contributed by atoms with van der Waals surface area (Å²) < 4.78 is 5.32. The van der Waals surface area contributed by atoms with Crippen LogP contribution in [0.4, 0.5) is 0 Å². The van der Waals surface area contributed by atoms with Crippen LogP contribution in [0.5, 0.6) is 5.75 Å². The maximum absolute atomic E-state index is 5.55. The van der Waals surface area contributed by atoms with Gasteiger partial charge in [-0.1, -0.05) is 18.2 Å². The summed E-state index contributed by atoms with van der Waals surface area (Å²) in [6.45, 7) is 0. The molecule has 0 radical (unpaired) electrons. The fourth-order valence-electron chi connectivity index (χ4n) is 1.83. The van der Waals surface area contributed by atoms with Crippen molar-refractivity contribution in [3.63, 3.8) is 0 Å². The highest BCUT2D eigenvalue weighted by Gasteiger charge is 2.10. The van der Waals surface area contributed by atoms with Gasteiger partial charge in [0.1, 0.15) is 5.75 Å². The van der Waals surface area contributed by atoms with Crippen molar-refractivity contribution in [2.75, 3.05) is 7.11 Å². The number of benzene rings is 1. The van der Waals surface area contributed by atoms with Crippen molar-refractivity contribution in [3.05, 3.63) is 29.8 Å². The van der Waals surface area contributed by atoms with Gasteiger partial charge < -0.3 is 4.74 Å². The van der Waals surface area contributed by atoms with Crippen LogP contribution < -0.4 is 16.0 Å². The third-order valence-electron chi connectivity index (χ3n) is 2.77. The molecule has 92 valence electrons. The first-order valence-electron chi connectivity index (χ1n) is 5.83. The van der Waals surface area contributed by atoms with E-state index in [1.165, 1.54) is 5.56 Å². The van der Waals surface area contributed by atoms with Gasteiger partial charge in [-0.15, -0.1) is 12.3 Å². The molecular formula is C14H20N2O. The Bertz CT molecular complexity index is 371. The second kappa shape index (κ2) is 7.72. The average Bonchev–Trinajstić information content (AvgIpc) is 2.38. The summed E-state index contributed by atoms with van der Waals surface area (Å²) in [4.78, 5) is 0. The van der Waals surface area contributed by atoms with E-state index in [0.29, 0.717) is 0 Å². The van der Waals surface area contributed by atoms with Gasteiger partial charge in [0, 0.05) is 12.5 Å². The van der Waals surface area contributed by atoms with Gasteiger partial charge in [0.25, 0.3) is 0 Å². The number of methoxy groups -OCH3 is 1. The van der Waals surface area contributed by atoms with Crippen LogP contribution in [0, 0.1) is 12.3 Å². The first-order chi connectivity index (χ1) is 8.31. The number of hydrogen-bond donors (Lipinski definition) is 2. The van der Waals surface area contributed by atoms with Gasteiger partial charge in [0.05, 0.1) is 7.11 Å². The van der Waals surface area contributed by atoms with Crippen LogP contribution in [0.1, 0.15) is 24.8 Å². The summed E-state index contributed by atoms with van der Waals surface area (Å²) in [6.07, 6.45) is 8.84. The Labute approximate surface area is 103 Å². The molecular weight excluding hydrogens is 212 g/mol. The molecule has 0 aliphatic rings. The predicted molar refractivity (Wildman–Crippen MR) is 70.5 cm³/mol. The van der Waals surface area contributed by atoms with Gasteiger partial charge in [-0.25, -0.2) is 0 Å². The summed E-state index contributed by atoms with van der Waals surface area (Å²) in [7, 11) is 1.68. The van der Waals surface area contributed by atoms with Crippen molar-refractivity contribution in [2.45, 2.75) is 31.7 Å². The maximum atomic E-state index is 5.55. The Morgan fingerprint density at radius 2 is 2.24 bits per heavy atom. The zero-order valence-electron chi connectivity index (χ0n) is 10.3. The van der Waals surface area contributed by atoms with Crippen molar-refractivity contribution in [1.29, 1.82) is 0 Å². The lowest BCUT2D eigenvalue weighted by Gasteiger charge is -2.17. The van der Waals surface area contributed by atoms with E-state index in [-0.39, 0.29) is 6.04 Å². The molecule has 0 aromatic heterocycles. The van der Waals surface area contributed by atoms with Crippen molar-refractivity contribution >= 4 is 0 Å². The number of para-hydroxylation sites is 1. The lowest BCUT2D eigenvalue weighted by molar-refractivity contribution is 0.402. The Morgan fingerprint density at radius 1 is 1.47 bits per heavy atom. The van der Waals surface area contributed by atoms with Gasteiger partial charge >= 0.3 is 0 Å². The van der Waals surface area contributed by atoms with E-state index in [1.54, 1.807) is 7.11 Å². The van der Waals surface area contributed by atoms with E-state index < -0.39 is 0 Å². The molecule has 1 aromatic rings. The van der Waals surface area contributed by atoms with E-state index in [1.807, 2.05) is 18.2 Å². The van der Waals surface area contributed by atoms with Crippen LogP contribution >= 0.6 is 0 Å². The molecule has 0 aliphatic heterocycles. The number of nitrogens with one attached hydrogen (secondary N) is 1. The normalized spacial score (nSPS) is 11.8. The Kier molecular flexibility index (Phi) is 6.16. The zero-order chi connectivity index (χ0) is 12.5. The van der Waals surface area contributed by atoms with E-state index in [4.69, 9.17) is 17.0 Å². The standard InChI is InChI=1S/C14H20N2O/c1-3-4-5-9-13(16-15)11-12-8-6-7-10-14(12)17-2/h1,6-8,10,13,16H,4-5,9,11,15H2,2H3. The smallest absolute Gasteiger partial charge is 0.122 e. The third-order valence-corrected chi connectivity index (χ3v) is 2.77. The molecule has 1 rings (SSSR count). The molecule has 17 heavy (non-hydrogen) atoms. The number of rotatable bonds is 7. The van der Waals surface area contributed by atoms with E-state index in [9.17, 15) is 0 Å². The van der Waals surface area contributed by atoms with Gasteiger partial charge in [-0.3, -0.25) is 11.3 Å².